The van der Waals surface area contributed by atoms with Crippen LogP contribution in [0.4, 0.5) is 5.69 Å². The molecule has 0 radical (unpaired) electrons. The molecule has 0 bridgehead atoms. The molecular weight excluding hydrogens is 308 g/mol. The predicted octanol–water partition coefficient (Wildman–Crippen LogP) is 3.08. The van der Waals surface area contributed by atoms with Crippen molar-refractivity contribution < 1.29 is 9.59 Å². The van der Waals surface area contributed by atoms with Gasteiger partial charge < -0.3 is 5.73 Å². The van der Waals surface area contributed by atoms with E-state index in [9.17, 15) is 9.59 Å². The Morgan fingerprint density at radius 2 is 1.95 bits per heavy atom. The first-order valence-electron chi connectivity index (χ1n) is 7.14. The molecule has 0 spiro atoms. The van der Waals surface area contributed by atoms with Gasteiger partial charge in [0, 0.05) is 23.0 Å². The minimum absolute atomic E-state index is 0.0515. The number of likely N-dealkylation sites (tertiary alicyclic amines) is 1. The van der Waals surface area contributed by atoms with Crippen LogP contribution < -0.4 is 5.73 Å². The van der Waals surface area contributed by atoms with Crippen molar-refractivity contribution >= 4 is 40.9 Å². The van der Waals surface area contributed by atoms with E-state index in [1.54, 1.807) is 18.2 Å². The average Bonchev–Trinajstić information content (AvgIpc) is 3.03. The number of anilines is 1. The second kappa shape index (κ2) is 5.89. The molecule has 1 aliphatic heterocycles. The third kappa shape index (κ3) is 2.90. The number of hydrogen-bond acceptors (Lipinski definition) is 4. The SMILES string of the molecule is Nc1ccc(Cl)c(SC2CC(=O)N(C3CCCC3)C2=O)c1. The number of rotatable bonds is 3. The Hall–Kier alpha value is -1.20. The fraction of sp³-hybridized carbons (Fsp3) is 0.467. The molecule has 1 saturated heterocycles. The fourth-order valence-corrected chi connectivity index (χ4v) is 4.41. The van der Waals surface area contributed by atoms with E-state index in [-0.39, 0.29) is 29.5 Å². The molecule has 3 rings (SSSR count). The zero-order chi connectivity index (χ0) is 15.0. The lowest BCUT2D eigenvalue weighted by Gasteiger charge is -2.22. The Balaban J connectivity index is 1.76. The maximum Gasteiger partial charge on any atom is 0.243 e. The van der Waals surface area contributed by atoms with E-state index in [4.69, 9.17) is 17.3 Å². The van der Waals surface area contributed by atoms with Gasteiger partial charge in [-0.2, -0.15) is 0 Å². The van der Waals surface area contributed by atoms with Crippen molar-refractivity contribution in [1.82, 2.24) is 4.90 Å². The second-order valence-corrected chi connectivity index (χ2v) is 7.19. The van der Waals surface area contributed by atoms with Crippen LogP contribution in [0.2, 0.25) is 5.02 Å². The van der Waals surface area contributed by atoms with E-state index in [2.05, 4.69) is 0 Å². The molecule has 6 heteroatoms. The molecule has 1 saturated carbocycles. The van der Waals surface area contributed by atoms with Crippen LogP contribution in [0.5, 0.6) is 0 Å². The average molecular weight is 325 g/mol. The summed E-state index contributed by atoms with van der Waals surface area (Å²) in [5.41, 5.74) is 6.36. The van der Waals surface area contributed by atoms with Gasteiger partial charge in [-0.15, -0.1) is 11.8 Å². The molecular formula is C15H17ClN2O2S. The quantitative estimate of drug-likeness (QED) is 0.685. The lowest BCUT2D eigenvalue weighted by atomic mass is 10.2. The Labute approximate surface area is 133 Å². The van der Waals surface area contributed by atoms with Crippen molar-refractivity contribution in [1.29, 1.82) is 0 Å². The smallest absolute Gasteiger partial charge is 0.243 e. The van der Waals surface area contributed by atoms with E-state index in [0.717, 1.165) is 30.6 Å². The van der Waals surface area contributed by atoms with Crippen molar-refractivity contribution in [2.75, 3.05) is 5.73 Å². The van der Waals surface area contributed by atoms with Crippen LogP contribution in [-0.4, -0.2) is 28.0 Å². The van der Waals surface area contributed by atoms with Gasteiger partial charge in [0.15, 0.2) is 0 Å². The molecule has 21 heavy (non-hydrogen) atoms. The summed E-state index contributed by atoms with van der Waals surface area (Å²) in [6.45, 7) is 0. The first kappa shape index (κ1) is 14.7. The van der Waals surface area contributed by atoms with Crippen LogP contribution in [0.1, 0.15) is 32.1 Å². The Bertz CT molecular complexity index is 587. The molecule has 2 aliphatic rings. The van der Waals surface area contributed by atoms with E-state index in [1.807, 2.05) is 0 Å². The van der Waals surface area contributed by atoms with Crippen LogP contribution in [0, 0.1) is 0 Å². The van der Waals surface area contributed by atoms with Gasteiger partial charge in [-0.3, -0.25) is 14.5 Å². The van der Waals surface area contributed by atoms with Crippen molar-refractivity contribution in [3.05, 3.63) is 23.2 Å². The Morgan fingerprint density at radius 1 is 1.24 bits per heavy atom. The fourth-order valence-electron chi connectivity index (χ4n) is 3.02. The molecule has 2 fully saturated rings. The summed E-state index contributed by atoms with van der Waals surface area (Å²) in [5.74, 6) is -0.125. The summed E-state index contributed by atoms with van der Waals surface area (Å²) >= 11 is 7.48. The van der Waals surface area contributed by atoms with E-state index in [0.29, 0.717) is 10.7 Å². The van der Waals surface area contributed by atoms with Crippen LogP contribution in [0.15, 0.2) is 23.1 Å². The lowest BCUT2D eigenvalue weighted by molar-refractivity contribution is -0.140. The van der Waals surface area contributed by atoms with E-state index >= 15 is 0 Å². The highest BCUT2D eigenvalue weighted by Crippen LogP contribution is 2.38. The van der Waals surface area contributed by atoms with Gasteiger partial charge in [0.2, 0.25) is 11.8 Å². The molecule has 1 heterocycles. The standard InChI is InChI=1S/C15H17ClN2O2S/c16-11-6-5-9(17)7-12(11)21-13-8-14(19)18(15(13)20)10-3-1-2-4-10/h5-7,10,13H,1-4,8,17H2. The van der Waals surface area contributed by atoms with Gasteiger partial charge in [-0.25, -0.2) is 0 Å². The Morgan fingerprint density at radius 3 is 2.67 bits per heavy atom. The van der Waals surface area contributed by atoms with Crippen molar-refractivity contribution in [3.8, 4) is 0 Å². The zero-order valence-electron chi connectivity index (χ0n) is 11.5. The summed E-state index contributed by atoms with van der Waals surface area (Å²) < 4.78 is 0. The highest BCUT2D eigenvalue weighted by molar-refractivity contribution is 8.00. The van der Waals surface area contributed by atoms with E-state index < -0.39 is 0 Å². The van der Waals surface area contributed by atoms with Gasteiger partial charge >= 0.3 is 0 Å². The minimum Gasteiger partial charge on any atom is -0.399 e. The van der Waals surface area contributed by atoms with Crippen LogP contribution in [-0.2, 0) is 9.59 Å². The number of carbonyl (C=O) groups is 2. The molecule has 1 aliphatic carbocycles. The molecule has 1 aromatic carbocycles. The topological polar surface area (TPSA) is 63.4 Å². The molecule has 1 unspecified atom stereocenters. The van der Waals surface area contributed by atoms with Crippen LogP contribution >= 0.6 is 23.4 Å². The summed E-state index contributed by atoms with van der Waals surface area (Å²) in [7, 11) is 0. The normalized spacial score (nSPS) is 23.3. The van der Waals surface area contributed by atoms with Gasteiger partial charge in [-0.05, 0) is 31.0 Å². The van der Waals surface area contributed by atoms with Crippen molar-refractivity contribution in [2.45, 2.75) is 48.3 Å². The first-order valence-corrected chi connectivity index (χ1v) is 8.39. The number of imide groups is 1. The number of nitrogen functional groups attached to an aromatic ring is 1. The van der Waals surface area contributed by atoms with E-state index in [1.165, 1.54) is 16.7 Å². The number of thioether (sulfide) groups is 1. The Kier molecular flexibility index (Phi) is 4.13. The molecule has 112 valence electrons. The molecule has 2 N–H and O–H groups in total. The van der Waals surface area contributed by atoms with Gasteiger partial charge in [-0.1, -0.05) is 24.4 Å². The largest absolute Gasteiger partial charge is 0.399 e. The monoisotopic (exact) mass is 324 g/mol. The lowest BCUT2D eigenvalue weighted by Crippen LogP contribution is -2.39. The van der Waals surface area contributed by atoms with Gasteiger partial charge in [0.05, 0.1) is 10.3 Å². The third-order valence-corrected chi connectivity index (χ3v) is 5.74. The van der Waals surface area contributed by atoms with Crippen LogP contribution in [0.25, 0.3) is 0 Å². The van der Waals surface area contributed by atoms with Crippen molar-refractivity contribution in [2.24, 2.45) is 0 Å². The third-order valence-electron chi connectivity index (χ3n) is 4.06. The number of amides is 2. The maximum atomic E-state index is 12.5. The molecule has 1 aromatic rings. The van der Waals surface area contributed by atoms with Gasteiger partial charge in [0.1, 0.15) is 0 Å². The summed E-state index contributed by atoms with van der Waals surface area (Å²) in [6, 6.07) is 5.30. The zero-order valence-corrected chi connectivity index (χ0v) is 13.1. The minimum atomic E-state index is -0.377. The van der Waals surface area contributed by atoms with Crippen LogP contribution in [0.3, 0.4) is 0 Å². The second-order valence-electron chi connectivity index (χ2n) is 5.54. The number of nitrogens with two attached hydrogens (primary N) is 1. The highest BCUT2D eigenvalue weighted by atomic mass is 35.5. The molecule has 2 amide bonds. The number of carbonyl (C=O) groups excluding carboxylic acids is 2. The number of halogens is 1. The summed E-state index contributed by atoms with van der Waals surface area (Å²) in [6.07, 6.45) is 4.33. The predicted molar refractivity (Wildman–Crippen MR) is 84.2 cm³/mol. The number of nitrogens with zero attached hydrogens (tertiary/aromatic N) is 1. The summed E-state index contributed by atoms with van der Waals surface area (Å²) in [4.78, 5) is 26.9. The van der Waals surface area contributed by atoms with Crippen molar-refractivity contribution in [3.63, 3.8) is 0 Å². The highest BCUT2D eigenvalue weighted by Gasteiger charge is 2.43. The molecule has 4 nitrogen and oxygen atoms in total. The maximum absolute atomic E-state index is 12.5. The molecule has 1 atom stereocenters. The number of hydrogen-bond donors (Lipinski definition) is 1. The molecule has 0 aromatic heterocycles. The van der Waals surface area contributed by atoms with Gasteiger partial charge in [0.25, 0.3) is 0 Å². The first-order chi connectivity index (χ1) is 10.1. The number of benzene rings is 1. The summed E-state index contributed by atoms with van der Waals surface area (Å²) in [5, 5.41) is 0.186.